The molecule has 1 amide bonds. The molecule has 110 valence electrons. The first kappa shape index (κ1) is 14.6. The van der Waals surface area contributed by atoms with Gasteiger partial charge in [0.25, 0.3) is 5.91 Å². The summed E-state index contributed by atoms with van der Waals surface area (Å²) in [6.07, 6.45) is 6.77. The first-order chi connectivity index (χ1) is 9.51. The van der Waals surface area contributed by atoms with Crippen molar-refractivity contribution in [3.8, 4) is 0 Å². The summed E-state index contributed by atoms with van der Waals surface area (Å²) in [4.78, 5) is 23.1. The number of aromatic nitrogens is 2. The van der Waals surface area contributed by atoms with Crippen LogP contribution in [0.4, 0.5) is 0 Å². The van der Waals surface area contributed by atoms with E-state index in [2.05, 4.69) is 10.4 Å². The summed E-state index contributed by atoms with van der Waals surface area (Å²) in [5, 5.41) is 16.0. The van der Waals surface area contributed by atoms with Crippen molar-refractivity contribution in [1.82, 2.24) is 15.1 Å². The first-order valence-corrected chi connectivity index (χ1v) is 7.00. The van der Waals surface area contributed by atoms with E-state index >= 15 is 0 Å². The lowest BCUT2D eigenvalue weighted by Crippen LogP contribution is -2.40. The Bertz CT molecular complexity index is 490. The number of hydrogen-bond donors (Lipinski definition) is 2. The van der Waals surface area contributed by atoms with E-state index in [1.165, 1.54) is 0 Å². The molecule has 0 aliphatic heterocycles. The molecule has 1 aliphatic rings. The van der Waals surface area contributed by atoms with Gasteiger partial charge in [0.1, 0.15) is 5.69 Å². The third-order valence-electron chi connectivity index (χ3n) is 4.01. The zero-order valence-electron chi connectivity index (χ0n) is 11.8. The van der Waals surface area contributed by atoms with E-state index in [1.807, 2.05) is 0 Å². The SMILES string of the molecule is Cn1ccc(C(=O)NCC2(CC(=O)O)CCCCC2)n1. The highest BCUT2D eigenvalue weighted by molar-refractivity contribution is 5.92. The lowest BCUT2D eigenvalue weighted by atomic mass is 9.71. The second-order valence-electron chi connectivity index (χ2n) is 5.69. The fourth-order valence-corrected chi connectivity index (χ4v) is 2.93. The molecule has 2 rings (SSSR count). The van der Waals surface area contributed by atoms with E-state index in [9.17, 15) is 9.59 Å². The van der Waals surface area contributed by atoms with Crippen LogP contribution in [-0.2, 0) is 11.8 Å². The molecule has 6 heteroatoms. The number of carboxylic acid groups (broad SMARTS) is 1. The topological polar surface area (TPSA) is 84.2 Å². The van der Waals surface area contributed by atoms with Gasteiger partial charge in [-0.3, -0.25) is 14.3 Å². The molecule has 0 aromatic carbocycles. The minimum Gasteiger partial charge on any atom is -0.481 e. The minimum absolute atomic E-state index is 0.121. The Morgan fingerprint density at radius 1 is 1.40 bits per heavy atom. The molecule has 0 bridgehead atoms. The van der Waals surface area contributed by atoms with Gasteiger partial charge in [-0.05, 0) is 24.3 Å². The zero-order chi connectivity index (χ0) is 14.6. The Morgan fingerprint density at radius 3 is 2.65 bits per heavy atom. The van der Waals surface area contributed by atoms with Crippen molar-refractivity contribution in [2.75, 3.05) is 6.54 Å². The van der Waals surface area contributed by atoms with Crippen LogP contribution in [0.25, 0.3) is 0 Å². The highest BCUT2D eigenvalue weighted by atomic mass is 16.4. The number of carbonyl (C=O) groups is 2. The third kappa shape index (κ3) is 3.59. The summed E-state index contributed by atoms with van der Waals surface area (Å²) in [5.41, 5.74) is 0.0721. The molecule has 0 unspecified atom stereocenters. The molecule has 1 aromatic rings. The first-order valence-electron chi connectivity index (χ1n) is 7.00. The van der Waals surface area contributed by atoms with Crippen LogP contribution in [0, 0.1) is 5.41 Å². The molecule has 1 saturated carbocycles. The fourth-order valence-electron chi connectivity index (χ4n) is 2.93. The van der Waals surface area contributed by atoms with E-state index in [0.29, 0.717) is 12.2 Å². The fraction of sp³-hybridized carbons (Fsp3) is 0.643. The van der Waals surface area contributed by atoms with Gasteiger partial charge in [0, 0.05) is 19.8 Å². The van der Waals surface area contributed by atoms with Crippen LogP contribution in [-0.4, -0.2) is 33.3 Å². The summed E-state index contributed by atoms with van der Waals surface area (Å²) in [7, 11) is 1.75. The van der Waals surface area contributed by atoms with Crippen molar-refractivity contribution >= 4 is 11.9 Å². The summed E-state index contributed by atoms with van der Waals surface area (Å²) < 4.78 is 1.57. The number of amides is 1. The van der Waals surface area contributed by atoms with E-state index in [0.717, 1.165) is 32.1 Å². The predicted molar refractivity (Wildman–Crippen MR) is 73.3 cm³/mol. The molecule has 2 N–H and O–H groups in total. The van der Waals surface area contributed by atoms with Crippen LogP contribution in [0.3, 0.4) is 0 Å². The maximum Gasteiger partial charge on any atom is 0.303 e. The van der Waals surface area contributed by atoms with Gasteiger partial charge in [-0.1, -0.05) is 19.3 Å². The molecule has 0 spiro atoms. The van der Waals surface area contributed by atoms with Crippen molar-refractivity contribution in [1.29, 1.82) is 0 Å². The maximum atomic E-state index is 12.0. The standard InChI is InChI=1S/C14H21N3O3/c1-17-8-5-11(16-17)13(20)15-10-14(9-12(18)19)6-3-2-4-7-14/h5,8H,2-4,6-7,9-10H2,1H3,(H,15,20)(H,18,19). The van der Waals surface area contributed by atoms with Gasteiger partial charge in [0.15, 0.2) is 0 Å². The Hall–Kier alpha value is -1.85. The van der Waals surface area contributed by atoms with E-state index in [-0.39, 0.29) is 17.7 Å². The number of carbonyl (C=O) groups excluding carboxylic acids is 1. The van der Waals surface area contributed by atoms with Gasteiger partial charge >= 0.3 is 5.97 Å². The predicted octanol–water partition coefficient (Wildman–Crippen LogP) is 1.58. The van der Waals surface area contributed by atoms with Crippen LogP contribution < -0.4 is 5.32 Å². The molecule has 0 radical (unpaired) electrons. The molecule has 20 heavy (non-hydrogen) atoms. The van der Waals surface area contributed by atoms with Gasteiger partial charge in [-0.25, -0.2) is 0 Å². The lowest BCUT2D eigenvalue weighted by molar-refractivity contribution is -0.140. The molecule has 6 nitrogen and oxygen atoms in total. The van der Waals surface area contributed by atoms with Crippen molar-refractivity contribution in [2.24, 2.45) is 12.5 Å². The molecule has 1 fully saturated rings. The maximum absolute atomic E-state index is 12.0. The van der Waals surface area contributed by atoms with E-state index in [1.54, 1.807) is 24.0 Å². The van der Waals surface area contributed by atoms with Gasteiger partial charge in [-0.2, -0.15) is 5.10 Å². The lowest BCUT2D eigenvalue weighted by Gasteiger charge is -2.36. The second kappa shape index (κ2) is 6.07. The van der Waals surface area contributed by atoms with Crippen LogP contribution in [0.1, 0.15) is 49.0 Å². The number of aliphatic carboxylic acids is 1. The average Bonchev–Trinajstić information content (AvgIpc) is 2.83. The molecule has 1 aliphatic carbocycles. The average molecular weight is 279 g/mol. The Morgan fingerprint density at radius 2 is 2.10 bits per heavy atom. The summed E-state index contributed by atoms with van der Waals surface area (Å²) in [6.45, 7) is 0.411. The monoisotopic (exact) mass is 279 g/mol. The van der Waals surface area contributed by atoms with Crippen LogP contribution in [0.2, 0.25) is 0 Å². The number of carboxylic acids is 1. The minimum atomic E-state index is -0.793. The number of nitrogens with one attached hydrogen (secondary N) is 1. The van der Waals surface area contributed by atoms with E-state index in [4.69, 9.17) is 5.11 Å². The summed E-state index contributed by atoms with van der Waals surface area (Å²) in [5.74, 6) is -1.03. The number of rotatable bonds is 5. The van der Waals surface area contributed by atoms with Crippen LogP contribution in [0.15, 0.2) is 12.3 Å². The van der Waals surface area contributed by atoms with E-state index < -0.39 is 5.97 Å². The Balaban J connectivity index is 1.97. The second-order valence-corrected chi connectivity index (χ2v) is 5.69. The summed E-state index contributed by atoms with van der Waals surface area (Å²) in [6, 6.07) is 1.65. The van der Waals surface area contributed by atoms with Gasteiger partial charge < -0.3 is 10.4 Å². The highest BCUT2D eigenvalue weighted by Gasteiger charge is 2.34. The van der Waals surface area contributed by atoms with Crippen molar-refractivity contribution in [3.05, 3.63) is 18.0 Å². The largest absolute Gasteiger partial charge is 0.481 e. The Kier molecular flexibility index (Phi) is 4.42. The smallest absolute Gasteiger partial charge is 0.303 e. The molecule has 1 aromatic heterocycles. The normalized spacial score (nSPS) is 17.6. The highest BCUT2D eigenvalue weighted by Crippen LogP contribution is 2.38. The molecular formula is C14H21N3O3. The quantitative estimate of drug-likeness (QED) is 0.857. The van der Waals surface area contributed by atoms with Crippen molar-refractivity contribution in [3.63, 3.8) is 0 Å². The van der Waals surface area contributed by atoms with Gasteiger partial charge in [0.2, 0.25) is 0 Å². The third-order valence-corrected chi connectivity index (χ3v) is 4.01. The zero-order valence-corrected chi connectivity index (χ0v) is 11.8. The van der Waals surface area contributed by atoms with Gasteiger partial charge in [0.05, 0.1) is 6.42 Å². The Labute approximate surface area is 118 Å². The van der Waals surface area contributed by atoms with Crippen molar-refractivity contribution in [2.45, 2.75) is 38.5 Å². The molecule has 1 heterocycles. The molecular weight excluding hydrogens is 258 g/mol. The summed E-state index contributed by atoms with van der Waals surface area (Å²) >= 11 is 0. The van der Waals surface area contributed by atoms with Gasteiger partial charge in [-0.15, -0.1) is 0 Å². The number of hydrogen-bond acceptors (Lipinski definition) is 3. The van der Waals surface area contributed by atoms with Crippen LogP contribution in [0.5, 0.6) is 0 Å². The van der Waals surface area contributed by atoms with Crippen LogP contribution >= 0.6 is 0 Å². The number of nitrogens with zero attached hydrogens (tertiary/aromatic N) is 2. The number of aryl methyl sites for hydroxylation is 1. The molecule has 0 atom stereocenters. The van der Waals surface area contributed by atoms with Crippen molar-refractivity contribution < 1.29 is 14.7 Å². The molecule has 0 saturated heterocycles.